The summed E-state index contributed by atoms with van der Waals surface area (Å²) in [6.07, 6.45) is 12.1. The zero-order valence-corrected chi connectivity index (χ0v) is 14.3. The molecule has 2 aliphatic heterocycles. The van der Waals surface area contributed by atoms with Gasteiger partial charge < -0.3 is 20.1 Å². The molecule has 2 rings (SSSR count). The lowest BCUT2D eigenvalue weighted by molar-refractivity contribution is -0.136. The minimum atomic E-state index is -0.184. The van der Waals surface area contributed by atoms with Crippen LogP contribution in [0.5, 0.6) is 0 Å². The van der Waals surface area contributed by atoms with Crippen LogP contribution in [0.1, 0.15) is 51.4 Å². The number of nitrogens with one attached hydrogen (secondary N) is 2. The first-order valence-corrected chi connectivity index (χ1v) is 8.96. The summed E-state index contributed by atoms with van der Waals surface area (Å²) in [5, 5.41) is 6.38. The lowest BCUT2D eigenvalue weighted by Crippen LogP contribution is -2.10. The highest BCUT2D eigenvalue weighted by Crippen LogP contribution is 2.12. The number of carbonyl (C=O) groups is 2. The summed E-state index contributed by atoms with van der Waals surface area (Å²) in [4.78, 5) is 22.4. The Labute approximate surface area is 143 Å². The standard InChI is InChI=1S/C18H28N2O4/c21-17-15(7-11-23-17)13-19-9-5-3-1-2-4-6-10-20-14-16-8-12-24-18(16)22/h13-14,19-20H,1-12H2/b15-13-,16-14-. The maximum absolute atomic E-state index is 11.2. The van der Waals surface area contributed by atoms with Crippen molar-refractivity contribution >= 4 is 11.9 Å². The third-order valence-electron chi connectivity index (χ3n) is 4.18. The van der Waals surface area contributed by atoms with Gasteiger partial charge in [0, 0.05) is 38.3 Å². The first-order valence-electron chi connectivity index (χ1n) is 8.96. The second-order valence-corrected chi connectivity index (χ2v) is 6.14. The molecule has 0 aliphatic carbocycles. The molecule has 0 radical (unpaired) electrons. The summed E-state index contributed by atoms with van der Waals surface area (Å²) in [7, 11) is 0. The molecule has 6 heteroatoms. The van der Waals surface area contributed by atoms with E-state index in [1.165, 1.54) is 25.7 Å². The Bertz CT molecular complexity index is 441. The summed E-state index contributed by atoms with van der Waals surface area (Å²) in [5.74, 6) is -0.367. The van der Waals surface area contributed by atoms with Crippen LogP contribution < -0.4 is 10.6 Å². The van der Waals surface area contributed by atoms with Gasteiger partial charge in [-0.25, -0.2) is 9.59 Å². The van der Waals surface area contributed by atoms with Gasteiger partial charge in [0.05, 0.1) is 24.4 Å². The van der Waals surface area contributed by atoms with E-state index in [2.05, 4.69) is 10.6 Å². The Morgan fingerprint density at radius 1 is 0.708 bits per heavy atom. The van der Waals surface area contributed by atoms with Crippen LogP contribution in [0.3, 0.4) is 0 Å². The van der Waals surface area contributed by atoms with E-state index in [1.54, 1.807) is 12.4 Å². The number of cyclic esters (lactones) is 2. The molecule has 0 bridgehead atoms. The van der Waals surface area contributed by atoms with Gasteiger partial charge in [0.15, 0.2) is 0 Å². The lowest BCUT2D eigenvalue weighted by atomic mass is 10.1. The molecule has 0 aromatic rings. The second-order valence-electron chi connectivity index (χ2n) is 6.14. The molecule has 2 saturated heterocycles. The van der Waals surface area contributed by atoms with Crippen molar-refractivity contribution < 1.29 is 19.1 Å². The number of hydrogen-bond acceptors (Lipinski definition) is 6. The van der Waals surface area contributed by atoms with Crippen molar-refractivity contribution in [1.29, 1.82) is 0 Å². The lowest BCUT2D eigenvalue weighted by Gasteiger charge is -2.04. The molecule has 6 nitrogen and oxygen atoms in total. The van der Waals surface area contributed by atoms with E-state index >= 15 is 0 Å². The van der Waals surface area contributed by atoms with Crippen LogP contribution in [0.4, 0.5) is 0 Å². The van der Waals surface area contributed by atoms with Gasteiger partial charge in [-0.2, -0.15) is 0 Å². The van der Waals surface area contributed by atoms with Crippen LogP contribution >= 0.6 is 0 Å². The minimum Gasteiger partial charge on any atom is -0.462 e. The number of esters is 2. The molecule has 24 heavy (non-hydrogen) atoms. The Morgan fingerprint density at radius 3 is 1.50 bits per heavy atom. The Morgan fingerprint density at radius 2 is 1.12 bits per heavy atom. The van der Waals surface area contributed by atoms with Crippen LogP contribution in [0.2, 0.25) is 0 Å². The summed E-state index contributed by atoms with van der Waals surface area (Å²) >= 11 is 0. The number of unbranched alkanes of at least 4 members (excludes halogenated alkanes) is 5. The molecule has 2 aliphatic rings. The highest BCUT2D eigenvalue weighted by Gasteiger charge is 2.18. The Balaban J connectivity index is 1.35. The fourth-order valence-corrected chi connectivity index (χ4v) is 2.71. The molecule has 0 amide bonds. The Kier molecular flexibility index (Phi) is 8.21. The zero-order valence-electron chi connectivity index (χ0n) is 14.3. The summed E-state index contributed by atoms with van der Waals surface area (Å²) in [6.45, 7) is 2.84. The maximum atomic E-state index is 11.2. The van der Waals surface area contributed by atoms with Gasteiger partial charge in [0.1, 0.15) is 0 Å². The highest BCUT2D eigenvalue weighted by atomic mass is 16.5. The number of carbonyl (C=O) groups excluding carboxylic acids is 2. The van der Waals surface area contributed by atoms with Crippen molar-refractivity contribution in [2.45, 2.75) is 51.4 Å². The van der Waals surface area contributed by atoms with Crippen molar-refractivity contribution in [1.82, 2.24) is 10.6 Å². The van der Waals surface area contributed by atoms with Gasteiger partial charge in [0.2, 0.25) is 0 Å². The fourth-order valence-electron chi connectivity index (χ4n) is 2.71. The fraction of sp³-hybridized carbons (Fsp3) is 0.667. The van der Waals surface area contributed by atoms with Gasteiger partial charge in [0.25, 0.3) is 0 Å². The predicted molar refractivity (Wildman–Crippen MR) is 91.0 cm³/mol. The molecule has 0 spiro atoms. The van der Waals surface area contributed by atoms with E-state index in [0.29, 0.717) is 13.2 Å². The van der Waals surface area contributed by atoms with E-state index < -0.39 is 0 Å². The molecular formula is C18H28N2O4. The number of ether oxygens (including phenoxy) is 2. The largest absolute Gasteiger partial charge is 0.462 e. The number of hydrogen-bond donors (Lipinski definition) is 2. The highest BCUT2D eigenvalue weighted by molar-refractivity contribution is 5.90. The average Bonchev–Trinajstić information content (AvgIpc) is 3.17. The van der Waals surface area contributed by atoms with Crippen LogP contribution in [-0.4, -0.2) is 38.2 Å². The zero-order chi connectivity index (χ0) is 17.0. The van der Waals surface area contributed by atoms with Gasteiger partial charge in [-0.1, -0.05) is 25.7 Å². The van der Waals surface area contributed by atoms with Crippen LogP contribution in [0.15, 0.2) is 23.5 Å². The molecule has 0 aromatic heterocycles. The van der Waals surface area contributed by atoms with E-state index in [4.69, 9.17) is 9.47 Å². The van der Waals surface area contributed by atoms with Crippen LogP contribution in [-0.2, 0) is 19.1 Å². The maximum Gasteiger partial charge on any atom is 0.335 e. The summed E-state index contributed by atoms with van der Waals surface area (Å²) < 4.78 is 9.74. The van der Waals surface area contributed by atoms with E-state index in [0.717, 1.165) is 49.9 Å². The quantitative estimate of drug-likeness (QED) is 0.342. The second kappa shape index (κ2) is 10.7. The normalized spacial score (nSPS) is 20.5. The van der Waals surface area contributed by atoms with E-state index in [9.17, 15) is 9.59 Å². The van der Waals surface area contributed by atoms with Crippen molar-refractivity contribution in [3.05, 3.63) is 23.5 Å². The molecule has 0 aromatic carbocycles. The van der Waals surface area contributed by atoms with E-state index in [1.807, 2.05) is 0 Å². The molecule has 134 valence electrons. The molecule has 2 fully saturated rings. The monoisotopic (exact) mass is 336 g/mol. The van der Waals surface area contributed by atoms with Gasteiger partial charge in [-0.3, -0.25) is 0 Å². The third kappa shape index (κ3) is 6.64. The van der Waals surface area contributed by atoms with Gasteiger partial charge >= 0.3 is 11.9 Å². The third-order valence-corrected chi connectivity index (χ3v) is 4.18. The van der Waals surface area contributed by atoms with Crippen molar-refractivity contribution in [2.75, 3.05) is 26.3 Å². The summed E-state index contributed by atoms with van der Waals surface area (Å²) in [6, 6.07) is 0. The molecule has 0 saturated carbocycles. The van der Waals surface area contributed by atoms with Gasteiger partial charge in [-0.15, -0.1) is 0 Å². The molecule has 2 N–H and O–H groups in total. The smallest absolute Gasteiger partial charge is 0.335 e. The van der Waals surface area contributed by atoms with Crippen LogP contribution in [0, 0.1) is 0 Å². The topological polar surface area (TPSA) is 76.7 Å². The SMILES string of the molecule is O=C1OCC/C1=C/NCCCCCCCCN/C=C1/CCOC1=O. The molecular weight excluding hydrogens is 308 g/mol. The average molecular weight is 336 g/mol. The summed E-state index contributed by atoms with van der Waals surface area (Å²) in [5.41, 5.74) is 1.51. The minimum absolute atomic E-state index is 0.184. The predicted octanol–water partition coefficient (Wildman–Crippen LogP) is 2.17. The van der Waals surface area contributed by atoms with E-state index in [-0.39, 0.29) is 11.9 Å². The molecule has 2 heterocycles. The van der Waals surface area contributed by atoms with Crippen molar-refractivity contribution in [2.24, 2.45) is 0 Å². The van der Waals surface area contributed by atoms with Crippen LogP contribution in [0.25, 0.3) is 0 Å². The molecule has 0 unspecified atom stereocenters. The first kappa shape index (κ1) is 18.4. The van der Waals surface area contributed by atoms with Crippen molar-refractivity contribution in [3.63, 3.8) is 0 Å². The number of rotatable bonds is 11. The van der Waals surface area contributed by atoms with Gasteiger partial charge in [-0.05, 0) is 12.8 Å². The molecule has 0 atom stereocenters. The Hall–Kier alpha value is -1.98. The first-order chi connectivity index (χ1) is 11.8. The van der Waals surface area contributed by atoms with Crippen molar-refractivity contribution in [3.8, 4) is 0 Å².